The van der Waals surface area contributed by atoms with Crippen LogP contribution in [-0.2, 0) is 11.3 Å². The van der Waals surface area contributed by atoms with Gasteiger partial charge in [-0.05, 0) is 5.92 Å². The van der Waals surface area contributed by atoms with Gasteiger partial charge >= 0.3 is 5.97 Å². The predicted octanol–water partition coefficient (Wildman–Crippen LogP) is -0.154. The zero-order valence-electron chi connectivity index (χ0n) is 9.39. The molecule has 16 heavy (non-hydrogen) atoms. The fourth-order valence-electron chi connectivity index (χ4n) is 1.38. The lowest BCUT2D eigenvalue weighted by Crippen LogP contribution is -2.25. The lowest BCUT2D eigenvalue weighted by Gasteiger charge is -2.08. The molecule has 0 aliphatic carbocycles. The molecule has 0 spiro atoms. The van der Waals surface area contributed by atoms with E-state index in [4.69, 9.17) is 5.11 Å². The lowest BCUT2D eigenvalue weighted by atomic mass is 10.1. The summed E-state index contributed by atoms with van der Waals surface area (Å²) in [4.78, 5) is 22.1. The maximum absolute atomic E-state index is 11.2. The standard InChI is InChI=1S/C9H14N4O3/c1-5(2)8-7(9(15)16)11-12-13(8)4-6(14)10-3/h5H,4H2,1-3H3,(H,10,14)(H,15,16). The number of hydrogen-bond acceptors (Lipinski definition) is 4. The van der Waals surface area contributed by atoms with E-state index in [9.17, 15) is 9.59 Å². The van der Waals surface area contributed by atoms with Gasteiger partial charge in [0.2, 0.25) is 5.91 Å². The molecule has 0 saturated heterocycles. The van der Waals surface area contributed by atoms with E-state index in [0.29, 0.717) is 5.69 Å². The summed E-state index contributed by atoms with van der Waals surface area (Å²) in [6, 6.07) is 0. The smallest absolute Gasteiger partial charge is 0.358 e. The Morgan fingerprint density at radius 1 is 1.50 bits per heavy atom. The fourth-order valence-corrected chi connectivity index (χ4v) is 1.38. The van der Waals surface area contributed by atoms with E-state index in [2.05, 4.69) is 15.6 Å². The van der Waals surface area contributed by atoms with Crippen molar-refractivity contribution in [2.75, 3.05) is 7.05 Å². The molecule has 0 bridgehead atoms. The van der Waals surface area contributed by atoms with Gasteiger partial charge in [0, 0.05) is 7.05 Å². The van der Waals surface area contributed by atoms with Gasteiger partial charge in [0.05, 0.1) is 5.69 Å². The number of carboxylic acid groups (broad SMARTS) is 1. The number of carbonyl (C=O) groups excluding carboxylic acids is 1. The Bertz CT molecular complexity index is 411. The molecule has 88 valence electrons. The van der Waals surface area contributed by atoms with Crippen molar-refractivity contribution in [3.63, 3.8) is 0 Å². The minimum absolute atomic E-state index is 0.0235. The second kappa shape index (κ2) is 4.73. The van der Waals surface area contributed by atoms with E-state index < -0.39 is 5.97 Å². The molecule has 2 N–H and O–H groups in total. The van der Waals surface area contributed by atoms with Gasteiger partial charge in [-0.2, -0.15) is 0 Å². The Morgan fingerprint density at radius 2 is 2.12 bits per heavy atom. The normalized spacial score (nSPS) is 10.5. The molecular formula is C9H14N4O3. The first-order valence-electron chi connectivity index (χ1n) is 4.84. The van der Waals surface area contributed by atoms with Gasteiger partial charge in [0.25, 0.3) is 0 Å². The van der Waals surface area contributed by atoms with Crippen LogP contribution in [0.15, 0.2) is 0 Å². The number of nitrogens with one attached hydrogen (secondary N) is 1. The summed E-state index contributed by atoms with van der Waals surface area (Å²) < 4.78 is 1.31. The largest absolute Gasteiger partial charge is 0.476 e. The third-order valence-corrected chi connectivity index (χ3v) is 2.10. The second-order valence-electron chi connectivity index (χ2n) is 3.61. The van der Waals surface area contributed by atoms with Gasteiger partial charge in [0.15, 0.2) is 5.69 Å². The molecule has 0 aromatic carbocycles. The minimum atomic E-state index is -1.13. The van der Waals surface area contributed by atoms with Gasteiger partial charge in [0.1, 0.15) is 6.54 Å². The first kappa shape index (κ1) is 12.2. The number of likely N-dealkylation sites (N-methyl/N-ethyl adjacent to an activating group) is 1. The minimum Gasteiger partial charge on any atom is -0.476 e. The van der Waals surface area contributed by atoms with Crippen LogP contribution in [0.5, 0.6) is 0 Å². The summed E-state index contributed by atoms with van der Waals surface area (Å²) >= 11 is 0. The highest BCUT2D eigenvalue weighted by Crippen LogP contribution is 2.17. The van der Waals surface area contributed by atoms with Crippen molar-refractivity contribution in [1.29, 1.82) is 0 Å². The molecule has 7 nitrogen and oxygen atoms in total. The first-order valence-corrected chi connectivity index (χ1v) is 4.84. The van der Waals surface area contributed by atoms with E-state index in [0.717, 1.165) is 0 Å². The molecule has 7 heteroatoms. The molecule has 1 amide bonds. The highest BCUT2D eigenvalue weighted by molar-refractivity contribution is 5.86. The lowest BCUT2D eigenvalue weighted by molar-refractivity contribution is -0.121. The Morgan fingerprint density at radius 3 is 2.56 bits per heavy atom. The third kappa shape index (κ3) is 2.36. The van der Waals surface area contributed by atoms with E-state index in [-0.39, 0.29) is 24.1 Å². The molecule has 1 aromatic heterocycles. The maximum atomic E-state index is 11.2. The van der Waals surface area contributed by atoms with Crippen molar-refractivity contribution >= 4 is 11.9 Å². The number of amides is 1. The monoisotopic (exact) mass is 226 g/mol. The molecule has 1 aromatic rings. The molecule has 0 saturated carbocycles. The van der Waals surface area contributed by atoms with Crippen LogP contribution in [0.3, 0.4) is 0 Å². The molecule has 1 rings (SSSR count). The molecular weight excluding hydrogens is 212 g/mol. The summed E-state index contributed by atoms with van der Waals surface area (Å²) in [6.45, 7) is 3.63. The van der Waals surface area contributed by atoms with E-state index in [1.54, 1.807) is 0 Å². The highest BCUT2D eigenvalue weighted by atomic mass is 16.4. The first-order chi connectivity index (χ1) is 7.47. The zero-order chi connectivity index (χ0) is 12.3. The fraction of sp³-hybridized carbons (Fsp3) is 0.556. The van der Waals surface area contributed by atoms with Crippen LogP contribution >= 0.6 is 0 Å². The van der Waals surface area contributed by atoms with Crippen LogP contribution in [0.1, 0.15) is 35.9 Å². The highest BCUT2D eigenvalue weighted by Gasteiger charge is 2.22. The van der Waals surface area contributed by atoms with Crippen LogP contribution in [0.25, 0.3) is 0 Å². The Balaban J connectivity index is 3.10. The van der Waals surface area contributed by atoms with Crippen molar-refractivity contribution < 1.29 is 14.7 Å². The molecule has 1 heterocycles. The van der Waals surface area contributed by atoms with Crippen LogP contribution in [0.2, 0.25) is 0 Å². The van der Waals surface area contributed by atoms with Crippen molar-refractivity contribution in [3.8, 4) is 0 Å². The van der Waals surface area contributed by atoms with Gasteiger partial charge in [-0.3, -0.25) is 4.79 Å². The molecule has 0 atom stereocenters. The summed E-state index contributed by atoms with van der Waals surface area (Å²) in [5, 5.41) is 18.6. The SMILES string of the molecule is CNC(=O)Cn1nnc(C(=O)O)c1C(C)C. The predicted molar refractivity (Wildman–Crippen MR) is 55.1 cm³/mol. The van der Waals surface area contributed by atoms with E-state index >= 15 is 0 Å². The summed E-state index contributed by atoms with van der Waals surface area (Å²) in [6.07, 6.45) is 0. The molecule has 0 radical (unpaired) electrons. The van der Waals surface area contributed by atoms with Crippen LogP contribution < -0.4 is 5.32 Å². The quantitative estimate of drug-likeness (QED) is 0.743. The van der Waals surface area contributed by atoms with Gasteiger partial charge in [-0.25, -0.2) is 9.48 Å². The topological polar surface area (TPSA) is 97.1 Å². The number of aromatic nitrogens is 3. The Labute approximate surface area is 92.4 Å². The Kier molecular flexibility index (Phi) is 3.60. The summed E-state index contributed by atoms with van der Waals surface area (Å²) in [5.74, 6) is -1.44. The molecule has 0 aliphatic heterocycles. The van der Waals surface area contributed by atoms with Crippen molar-refractivity contribution in [1.82, 2.24) is 20.3 Å². The summed E-state index contributed by atoms with van der Waals surface area (Å²) in [5.41, 5.74) is 0.356. The maximum Gasteiger partial charge on any atom is 0.358 e. The average Bonchev–Trinajstić information content (AvgIpc) is 2.61. The molecule has 0 aliphatic rings. The number of hydrogen-bond donors (Lipinski definition) is 2. The molecule has 0 fully saturated rings. The second-order valence-corrected chi connectivity index (χ2v) is 3.61. The van der Waals surface area contributed by atoms with Gasteiger partial charge < -0.3 is 10.4 Å². The number of carbonyl (C=O) groups is 2. The number of rotatable bonds is 4. The average molecular weight is 226 g/mol. The third-order valence-electron chi connectivity index (χ3n) is 2.10. The number of nitrogens with zero attached hydrogens (tertiary/aromatic N) is 3. The van der Waals surface area contributed by atoms with Crippen molar-refractivity contribution in [2.24, 2.45) is 0 Å². The Hall–Kier alpha value is -1.92. The van der Waals surface area contributed by atoms with E-state index in [1.807, 2.05) is 13.8 Å². The number of carboxylic acids is 1. The zero-order valence-corrected chi connectivity index (χ0v) is 9.39. The van der Waals surface area contributed by atoms with E-state index in [1.165, 1.54) is 11.7 Å². The van der Waals surface area contributed by atoms with Crippen LogP contribution in [0, 0.1) is 0 Å². The van der Waals surface area contributed by atoms with Gasteiger partial charge in [-0.1, -0.05) is 19.1 Å². The van der Waals surface area contributed by atoms with Crippen LogP contribution in [-0.4, -0.2) is 39.0 Å². The number of aromatic carboxylic acids is 1. The molecule has 0 unspecified atom stereocenters. The van der Waals surface area contributed by atoms with Crippen LogP contribution in [0.4, 0.5) is 0 Å². The van der Waals surface area contributed by atoms with Crippen molar-refractivity contribution in [2.45, 2.75) is 26.3 Å². The van der Waals surface area contributed by atoms with Crippen molar-refractivity contribution in [3.05, 3.63) is 11.4 Å². The summed E-state index contributed by atoms with van der Waals surface area (Å²) in [7, 11) is 1.51. The van der Waals surface area contributed by atoms with Gasteiger partial charge in [-0.15, -0.1) is 5.10 Å².